The van der Waals surface area contributed by atoms with Crippen LogP contribution in [0.25, 0.3) is 0 Å². The summed E-state index contributed by atoms with van der Waals surface area (Å²) in [6.45, 7) is 9.65. The molecule has 0 aliphatic carbocycles. The zero-order valence-electron chi connectivity index (χ0n) is 16.7. The van der Waals surface area contributed by atoms with Crippen molar-refractivity contribution < 1.29 is 38.8 Å². The van der Waals surface area contributed by atoms with E-state index in [2.05, 4.69) is 0 Å². The van der Waals surface area contributed by atoms with Crippen LogP contribution >= 0.6 is 0 Å². The molecule has 2 N–H and O–H groups in total. The molecule has 26 heavy (non-hydrogen) atoms. The van der Waals surface area contributed by atoms with Crippen LogP contribution in [-0.2, 0) is 28.6 Å². The Bertz CT molecular complexity index is 468. The zero-order valence-corrected chi connectivity index (χ0v) is 16.7. The van der Waals surface area contributed by atoms with E-state index in [1.165, 1.54) is 27.7 Å². The van der Waals surface area contributed by atoms with Gasteiger partial charge in [0.05, 0.1) is 11.3 Å². The van der Waals surface area contributed by atoms with Gasteiger partial charge in [0.25, 0.3) is 0 Å². The molecule has 152 valence electrons. The lowest BCUT2D eigenvalue weighted by molar-refractivity contribution is -0.176. The van der Waals surface area contributed by atoms with E-state index in [1.807, 2.05) is 6.92 Å². The number of carbonyl (C=O) groups excluding carboxylic acids is 3. The predicted molar refractivity (Wildman–Crippen MR) is 93.0 cm³/mol. The van der Waals surface area contributed by atoms with Gasteiger partial charge in [-0.05, 0) is 41.0 Å². The van der Waals surface area contributed by atoms with E-state index in [-0.39, 0.29) is 25.7 Å². The fourth-order valence-electron chi connectivity index (χ4n) is 1.51. The van der Waals surface area contributed by atoms with Crippen molar-refractivity contribution in [3.05, 3.63) is 0 Å². The van der Waals surface area contributed by atoms with Crippen LogP contribution in [0.15, 0.2) is 0 Å². The third-order valence-electron chi connectivity index (χ3n) is 3.68. The Morgan fingerprint density at radius 2 is 1.15 bits per heavy atom. The molecule has 1 unspecified atom stereocenters. The Morgan fingerprint density at radius 3 is 1.46 bits per heavy atom. The minimum absolute atomic E-state index is 0.158. The van der Waals surface area contributed by atoms with Crippen molar-refractivity contribution >= 4 is 17.9 Å². The summed E-state index contributed by atoms with van der Waals surface area (Å²) >= 11 is 0. The second kappa shape index (κ2) is 9.32. The molecule has 0 aromatic carbocycles. The molecule has 0 amide bonds. The monoisotopic (exact) mass is 376 g/mol. The Balaban J connectivity index is 5.03. The highest BCUT2D eigenvalue weighted by atomic mass is 16.6. The summed E-state index contributed by atoms with van der Waals surface area (Å²) in [5.41, 5.74) is -4.40. The summed E-state index contributed by atoms with van der Waals surface area (Å²) in [7, 11) is 0. The Labute approximate surface area is 154 Å². The van der Waals surface area contributed by atoms with Crippen molar-refractivity contribution in [2.24, 2.45) is 11.3 Å². The largest absolute Gasteiger partial charge is 0.465 e. The molecule has 1 atom stereocenters. The third-order valence-corrected chi connectivity index (χ3v) is 3.68. The van der Waals surface area contributed by atoms with E-state index in [4.69, 9.17) is 14.2 Å². The normalized spacial score (nSPS) is 13.7. The summed E-state index contributed by atoms with van der Waals surface area (Å²) in [5, 5.41) is 19.3. The first-order valence-electron chi connectivity index (χ1n) is 8.58. The summed E-state index contributed by atoms with van der Waals surface area (Å²) in [5.74, 6) is -2.42. The summed E-state index contributed by atoms with van der Waals surface area (Å²) < 4.78 is 15.4. The molecule has 0 heterocycles. The first kappa shape index (κ1) is 24.3. The van der Waals surface area contributed by atoms with E-state index in [1.54, 1.807) is 13.8 Å². The van der Waals surface area contributed by atoms with Gasteiger partial charge in [-0.15, -0.1) is 0 Å². The van der Waals surface area contributed by atoms with Crippen LogP contribution in [0.2, 0.25) is 0 Å². The summed E-state index contributed by atoms with van der Waals surface area (Å²) in [4.78, 5) is 35.4. The average Bonchev–Trinajstić information content (AvgIpc) is 2.52. The fourth-order valence-corrected chi connectivity index (χ4v) is 1.51. The van der Waals surface area contributed by atoms with Crippen LogP contribution in [0, 0.1) is 11.3 Å². The Morgan fingerprint density at radius 1 is 0.808 bits per heavy atom. The lowest BCUT2D eigenvalue weighted by Crippen LogP contribution is -2.42. The molecular formula is C18H32O8. The van der Waals surface area contributed by atoms with Gasteiger partial charge in [-0.2, -0.15) is 0 Å². The topological polar surface area (TPSA) is 119 Å². The molecule has 0 aromatic rings. The molecule has 0 rings (SSSR count). The van der Waals surface area contributed by atoms with Gasteiger partial charge >= 0.3 is 17.9 Å². The van der Waals surface area contributed by atoms with Crippen molar-refractivity contribution in [2.45, 2.75) is 66.1 Å². The van der Waals surface area contributed by atoms with Crippen LogP contribution in [0.3, 0.4) is 0 Å². The van der Waals surface area contributed by atoms with Crippen LogP contribution in [0.5, 0.6) is 0 Å². The maximum Gasteiger partial charge on any atom is 0.337 e. The van der Waals surface area contributed by atoms with Crippen molar-refractivity contribution in [1.82, 2.24) is 0 Å². The van der Waals surface area contributed by atoms with Gasteiger partial charge in [0.1, 0.15) is 19.8 Å². The van der Waals surface area contributed by atoms with Gasteiger partial charge in [0, 0.05) is 0 Å². The van der Waals surface area contributed by atoms with Crippen LogP contribution < -0.4 is 0 Å². The van der Waals surface area contributed by atoms with Gasteiger partial charge in [-0.1, -0.05) is 13.8 Å². The second-order valence-electron chi connectivity index (χ2n) is 8.00. The smallest absolute Gasteiger partial charge is 0.337 e. The number of esters is 3. The lowest BCUT2D eigenvalue weighted by atomic mass is 9.93. The first-order chi connectivity index (χ1) is 11.6. The van der Waals surface area contributed by atoms with Crippen molar-refractivity contribution in [2.75, 3.05) is 19.8 Å². The Kier molecular flexibility index (Phi) is 8.72. The van der Waals surface area contributed by atoms with E-state index in [0.717, 1.165) is 0 Å². The third kappa shape index (κ3) is 8.62. The van der Waals surface area contributed by atoms with E-state index < -0.39 is 34.5 Å². The highest BCUT2D eigenvalue weighted by molar-refractivity contribution is 5.78. The zero-order chi connectivity index (χ0) is 20.8. The molecule has 0 spiro atoms. The number of carbonyl (C=O) groups is 3. The molecule has 0 saturated heterocycles. The second-order valence-corrected chi connectivity index (χ2v) is 8.00. The van der Waals surface area contributed by atoms with Crippen molar-refractivity contribution in [3.8, 4) is 0 Å². The maximum absolute atomic E-state index is 11.9. The number of hydrogen-bond donors (Lipinski definition) is 2. The molecule has 0 aliphatic rings. The lowest BCUT2D eigenvalue weighted by Gasteiger charge is -2.30. The first-order valence-corrected chi connectivity index (χ1v) is 8.58. The minimum atomic E-state index is -1.68. The maximum atomic E-state index is 11.9. The van der Waals surface area contributed by atoms with Gasteiger partial charge < -0.3 is 24.4 Å². The number of ether oxygens (including phenoxy) is 3. The van der Waals surface area contributed by atoms with Crippen molar-refractivity contribution in [1.29, 1.82) is 0 Å². The van der Waals surface area contributed by atoms with Crippen LogP contribution in [0.1, 0.15) is 54.9 Å². The average molecular weight is 376 g/mol. The Hall–Kier alpha value is -1.67. The molecule has 8 nitrogen and oxygen atoms in total. The van der Waals surface area contributed by atoms with Gasteiger partial charge in [0.2, 0.25) is 0 Å². The predicted octanol–water partition coefficient (Wildman–Crippen LogP) is 1.21. The van der Waals surface area contributed by atoms with E-state index in [0.29, 0.717) is 6.42 Å². The van der Waals surface area contributed by atoms with Gasteiger partial charge in [0.15, 0.2) is 11.2 Å². The number of rotatable bonds is 10. The standard InChI is InChI=1S/C18H32O8/c1-8-12(2)13(19)24-9-18(7,10-25-14(20)16(3,4)22)11-26-15(21)17(5,6)23/h12,22-23H,8-11H2,1-7H3. The quantitative estimate of drug-likeness (QED) is 0.431. The molecular weight excluding hydrogens is 344 g/mol. The highest BCUT2D eigenvalue weighted by Crippen LogP contribution is 2.22. The van der Waals surface area contributed by atoms with Crippen LogP contribution in [-0.4, -0.2) is 59.1 Å². The minimum Gasteiger partial charge on any atom is -0.465 e. The molecule has 0 radical (unpaired) electrons. The molecule has 0 fully saturated rings. The number of aliphatic hydroxyl groups is 2. The fraction of sp³-hybridized carbons (Fsp3) is 0.833. The molecule has 0 saturated carbocycles. The summed E-state index contributed by atoms with van der Waals surface area (Å²) in [6, 6.07) is 0. The summed E-state index contributed by atoms with van der Waals surface area (Å²) in [6.07, 6.45) is 0.608. The number of hydrogen-bond acceptors (Lipinski definition) is 8. The van der Waals surface area contributed by atoms with E-state index >= 15 is 0 Å². The molecule has 0 aliphatic heterocycles. The van der Waals surface area contributed by atoms with Crippen LogP contribution in [0.4, 0.5) is 0 Å². The molecule has 0 aromatic heterocycles. The molecule has 8 heteroatoms. The highest BCUT2D eigenvalue weighted by Gasteiger charge is 2.36. The van der Waals surface area contributed by atoms with Gasteiger partial charge in [-0.3, -0.25) is 4.79 Å². The van der Waals surface area contributed by atoms with Crippen molar-refractivity contribution in [3.63, 3.8) is 0 Å². The van der Waals surface area contributed by atoms with Gasteiger partial charge in [-0.25, -0.2) is 9.59 Å². The molecule has 0 bridgehead atoms. The SMILES string of the molecule is CCC(C)C(=O)OCC(C)(COC(=O)C(C)(C)O)COC(=O)C(C)(C)O. The van der Waals surface area contributed by atoms with E-state index in [9.17, 15) is 24.6 Å².